The third-order valence-corrected chi connectivity index (χ3v) is 4.63. The maximum atomic E-state index is 10.8. The Bertz CT molecular complexity index is 867. The minimum atomic E-state index is -4.33. The van der Waals surface area contributed by atoms with Crippen LogP contribution in [0.15, 0.2) is 35.2 Å². The summed E-state index contributed by atoms with van der Waals surface area (Å²) >= 11 is 5.68. The number of hydrogen-bond donors (Lipinski definition) is 1. The first kappa shape index (κ1) is 19.9. The largest absolute Gasteiger partial charge is 0.744 e. The smallest absolute Gasteiger partial charge is 0.303 e. The molecule has 2 N–H and O–H groups in total. The Balaban J connectivity index is 0.000000243. The molecule has 0 aliphatic rings. The fourth-order valence-electron chi connectivity index (χ4n) is 2.32. The van der Waals surface area contributed by atoms with Crippen molar-refractivity contribution in [2.75, 3.05) is 5.84 Å². The molecule has 0 radical (unpaired) electrons. The van der Waals surface area contributed by atoms with Gasteiger partial charge >= 0.3 is 5.15 Å². The lowest BCUT2D eigenvalue weighted by Crippen LogP contribution is -2.49. The second kappa shape index (κ2) is 8.11. The fourth-order valence-corrected chi connectivity index (χ4v) is 3.41. The molecule has 0 saturated heterocycles. The summed E-state index contributed by atoms with van der Waals surface area (Å²) in [5.74, 6) is 5.50. The number of aromatic nitrogens is 1. The molecule has 0 spiro atoms. The highest BCUT2D eigenvalue weighted by Gasteiger charge is 2.10. The van der Waals surface area contributed by atoms with Gasteiger partial charge in [-0.1, -0.05) is 22.4 Å². The van der Waals surface area contributed by atoms with Gasteiger partial charge in [-0.2, -0.15) is 5.26 Å². The van der Waals surface area contributed by atoms with Gasteiger partial charge < -0.3 is 4.55 Å². The number of nitrogens with two attached hydrogens (primary N) is 1. The van der Waals surface area contributed by atoms with Crippen molar-refractivity contribution in [2.24, 2.45) is 0 Å². The molecule has 0 fully saturated rings. The van der Waals surface area contributed by atoms with Gasteiger partial charge in [-0.15, -0.1) is 0 Å². The van der Waals surface area contributed by atoms with E-state index in [1.807, 2.05) is 13.0 Å². The normalized spacial score (nSPS) is 10.5. The first-order chi connectivity index (χ1) is 11.1. The Kier molecular flexibility index (Phi) is 6.72. The van der Waals surface area contributed by atoms with E-state index in [-0.39, 0.29) is 11.3 Å². The summed E-state index contributed by atoms with van der Waals surface area (Å²) in [7, 11) is -4.33. The van der Waals surface area contributed by atoms with E-state index in [2.05, 4.69) is 0 Å². The zero-order valence-electron chi connectivity index (χ0n) is 13.6. The molecule has 0 amide bonds. The number of aryl methyl sites for hydroxylation is 3. The van der Waals surface area contributed by atoms with Gasteiger partial charge in [0.1, 0.15) is 16.5 Å². The Morgan fingerprint density at radius 1 is 1.25 bits per heavy atom. The summed E-state index contributed by atoms with van der Waals surface area (Å²) in [6.07, 6.45) is 0.275. The van der Waals surface area contributed by atoms with E-state index in [1.165, 1.54) is 4.68 Å². The molecule has 8 heteroatoms. The van der Waals surface area contributed by atoms with E-state index in [4.69, 9.17) is 22.7 Å². The van der Waals surface area contributed by atoms with Gasteiger partial charge in [0, 0.05) is 12.1 Å². The van der Waals surface area contributed by atoms with Crippen molar-refractivity contribution in [3.63, 3.8) is 0 Å². The minimum absolute atomic E-state index is 0.0851. The lowest BCUT2D eigenvalue weighted by Gasteiger charge is -2.14. The van der Waals surface area contributed by atoms with Crippen molar-refractivity contribution in [3.05, 3.63) is 57.9 Å². The first-order valence-electron chi connectivity index (χ1n) is 6.93. The van der Waals surface area contributed by atoms with E-state index in [9.17, 15) is 13.0 Å². The predicted octanol–water partition coefficient (Wildman–Crippen LogP) is 1.92. The number of nitrogens with zero attached hydrogens (tertiary/aromatic N) is 2. The molecule has 0 atom stereocenters. The molecule has 1 aromatic heterocycles. The van der Waals surface area contributed by atoms with Gasteiger partial charge in [-0.05, 0) is 49.6 Å². The molecule has 0 aliphatic heterocycles. The van der Waals surface area contributed by atoms with Crippen LogP contribution in [0.5, 0.6) is 0 Å². The van der Waals surface area contributed by atoms with Crippen LogP contribution in [-0.2, 0) is 16.5 Å². The predicted molar refractivity (Wildman–Crippen MR) is 89.7 cm³/mol. The number of pyridine rings is 1. The summed E-state index contributed by atoms with van der Waals surface area (Å²) in [6, 6.07) is 10.6. The van der Waals surface area contributed by atoms with Crippen LogP contribution < -0.4 is 10.5 Å². The lowest BCUT2D eigenvalue weighted by atomic mass is 10.1. The maximum Gasteiger partial charge on any atom is 0.303 e. The zero-order chi connectivity index (χ0) is 18.5. The van der Waals surface area contributed by atoms with Gasteiger partial charge in [0.15, 0.2) is 0 Å². The van der Waals surface area contributed by atoms with Crippen LogP contribution in [0.3, 0.4) is 0 Å². The molecule has 0 saturated carbocycles. The summed E-state index contributed by atoms with van der Waals surface area (Å²) in [5, 5.41) is 8.80. The molecule has 0 bridgehead atoms. The molecule has 6 nitrogen and oxygen atoms in total. The van der Waals surface area contributed by atoms with Gasteiger partial charge in [0.05, 0.1) is 11.0 Å². The molecular formula is C16H18ClN3O3S. The summed E-state index contributed by atoms with van der Waals surface area (Å²) in [6.45, 7) is 5.12. The molecule has 2 rings (SSSR count). The highest BCUT2D eigenvalue weighted by atomic mass is 35.5. The van der Waals surface area contributed by atoms with E-state index in [1.54, 1.807) is 44.2 Å². The number of benzene rings is 1. The van der Waals surface area contributed by atoms with Crippen molar-refractivity contribution in [1.82, 2.24) is 0 Å². The van der Waals surface area contributed by atoms with Crippen LogP contribution in [0.1, 0.15) is 22.4 Å². The van der Waals surface area contributed by atoms with Crippen LogP contribution >= 0.6 is 11.6 Å². The number of rotatable bonds is 2. The standard InChI is InChI=1S/C9H12O3S.C7H7ClN3/c1-6-4-7(2)9(8(3)5-6)13(10,11)12;8-7-3-1-2-6(4-5-9)11(7)10/h4-5H,1-3H3,(H,10,11,12);1-3H,4,10H2/q;+1/p-1. The fraction of sp³-hybridized carbons (Fsp3) is 0.250. The van der Waals surface area contributed by atoms with Crippen LogP contribution in [0.4, 0.5) is 0 Å². The SMILES string of the molecule is Cc1cc(C)c(S(=O)(=O)[O-])c(C)c1.N#CCc1cccc(Cl)[n+]1N. The van der Waals surface area contributed by atoms with Crippen molar-refractivity contribution < 1.29 is 17.6 Å². The van der Waals surface area contributed by atoms with E-state index in [0.717, 1.165) is 5.56 Å². The van der Waals surface area contributed by atoms with Crippen molar-refractivity contribution in [2.45, 2.75) is 32.1 Å². The maximum absolute atomic E-state index is 10.8. The molecule has 2 aromatic rings. The molecule has 1 heterocycles. The van der Waals surface area contributed by atoms with Crippen LogP contribution in [0.2, 0.25) is 5.15 Å². The Hall–Kier alpha value is -2.14. The Morgan fingerprint density at radius 2 is 1.79 bits per heavy atom. The average Bonchev–Trinajstić information content (AvgIpc) is 2.42. The minimum Gasteiger partial charge on any atom is -0.744 e. The third-order valence-electron chi connectivity index (χ3n) is 3.18. The molecule has 0 unspecified atom stereocenters. The summed E-state index contributed by atoms with van der Waals surface area (Å²) in [5.41, 5.74) is 2.71. The van der Waals surface area contributed by atoms with Gasteiger partial charge in [-0.25, -0.2) is 14.3 Å². The lowest BCUT2D eigenvalue weighted by molar-refractivity contribution is -0.644. The van der Waals surface area contributed by atoms with Crippen LogP contribution in [-0.4, -0.2) is 13.0 Å². The number of halogens is 1. The number of nitriles is 1. The van der Waals surface area contributed by atoms with Gasteiger partial charge in [-0.3, -0.25) is 0 Å². The average molecular weight is 368 g/mol. The third kappa shape index (κ3) is 5.20. The quantitative estimate of drug-likeness (QED) is 0.377. The first-order valence-corrected chi connectivity index (χ1v) is 8.71. The van der Waals surface area contributed by atoms with Crippen LogP contribution in [0, 0.1) is 32.1 Å². The zero-order valence-corrected chi connectivity index (χ0v) is 15.1. The van der Waals surface area contributed by atoms with Crippen molar-refractivity contribution >= 4 is 21.7 Å². The molecular weight excluding hydrogens is 350 g/mol. The van der Waals surface area contributed by atoms with Gasteiger partial charge in [0.2, 0.25) is 5.69 Å². The monoisotopic (exact) mass is 367 g/mol. The number of hydrogen-bond acceptors (Lipinski definition) is 5. The molecule has 24 heavy (non-hydrogen) atoms. The van der Waals surface area contributed by atoms with E-state index < -0.39 is 10.1 Å². The van der Waals surface area contributed by atoms with Crippen molar-refractivity contribution in [3.8, 4) is 6.07 Å². The van der Waals surface area contributed by atoms with E-state index >= 15 is 0 Å². The topological polar surface area (TPSA) is 111 Å². The summed E-state index contributed by atoms with van der Waals surface area (Å²) < 4.78 is 33.8. The highest BCUT2D eigenvalue weighted by Crippen LogP contribution is 2.20. The van der Waals surface area contributed by atoms with Crippen molar-refractivity contribution in [1.29, 1.82) is 5.26 Å². The summed E-state index contributed by atoms with van der Waals surface area (Å²) in [4.78, 5) is -0.0851. The second-order valence-electron chi connectivity index (χ2n) is 5.23. The molecule has 1 aromatic carbocycles. The van der Waals surface area contributed by atoms with E-state index in [0.29, 0.717) is 22.0 Å². The van der Waals surface area contributed by atoms with Gasteiger partial charge in [0.25, 0.3) is 0 Å². The molecule has 0 aliphatic carbocycles. The highest BCUT2D eigenvalue weighted by molar-refractivity contribution is 7.85. The molecule has 128 valence electrons. The Morgan fingerprint density at radius 3 is 2.25 bits per heavy atom. The second-order valence-corrected chi connectivity index (χ2v) is 6.93. The Labute approximate surface area is 146 Å². The van der Waals surface area contributed by atoms with Crippen LogP contribution in [0.25, 0.3) is 0 Å². The number of nitrogen functional groups attached to an aromatic ring is 1.